The van der Waals surface area contributed by atoms with E-state index in [9.17, 15) is 9.59 Å². The van der Waals surface area contributed by atoms with Gasteiger partial charge in [0.15, 0.2) is 6.61 Å². The Labute approximate surface area is 185 Å². The fourth-order valence-electron chi connectivity index (χ4n) is 2.88. The number of ether oxygens (including phenoxy) is 1. The maximum atomic E-state index is 12.1. The fourth-order valence-corrected chi connectivity index (χ4v) is 2.88. The van der Waals surface area contributed by atoms with Gasteiger partial charge in [-0.2, -0.15) is 0 Å². The summed E-state index contributed by atoms with van der Waals surface area (Å²) in [5, 5.41) is 2.84. The molecule has 0 aliphatic rings. The quantitative estimate of drug-likeness (QED) is 0.478. The first-order chi connectivity index (χ1) is 14.8. The molecule has 3 N–H and O–H groups in total. The predicted octanol–water partition coefficient (Wildman–Crippen LogP) is 4.77. The highest BCUT2D eigenvalue weighted by molar-refractivity contribution is 5.89. The van der Waals surface area contributed by atoms with Gasteiger partial charge in [-0.1, -0.05) is 32.9 Å². The third-order valence-electron chi connectivity index (χ3n) is 5.42. The Hall–Kier alpha value is -3.22. The van der Waals surface area contributed by atoms with Crippen molar-refractivity contribution in [2.45, 2.75) is 46.5 Å². The summed E-state index contributed by atoms with van der Waals surface area (Å²) in [6, 6.07) is 14.8. The highest BCUT2D eigenvalue weighted by atomic mass is 16.5. The normalized spacial score (nSPS) is 10.9. The number of hydrogen-bond acceptors (Lipinski definition) is 4. The molecule has 3 amide bonds. The maximum Gasteiger partial charge on any atom is 0.321 e. The van der Waals surface area contributed by atoms with Crippen LogP contribution in [-0.4, -0.2) is 36.5 Å². The van der Waals surface area contributed by atoms with E-state index in [1.54, 1.807) is 29.2 Å². The van der Waals surface area contributed by atoms with Gasteiger partial charge in [0.05, 0.1) is 5.69 Å². The number of anilines is 2. The molecule has 168 valence electrons. The van der Waals surface area contributed by atoms with Crippen molar-refractivity contribution < 1.29 is 14.3 Å². The molecule has 0 unspecified atom stereocenters. The van der Waals surface area contributed by atoms with Crippen molar-refractivity contribution in [2.24, 2.45) is 0 Å². The van der Waals surface area contributed by atoms with Crippen molar-refractivity contribution in [2.75, 3.05) is 30.4 Å². The molecule has 0 fully saturated rings. The molecule has 0 aromatic heterocycles. The van der Waals surface area contributed by atoms with Gasteiger partial charge in [0.2, 0.25) is 0 Å². The van der Waals surface area contributed by atoms with E-state index in [4.69, 9.17) is 4.74 Å². The standard InChI is InChI=1S/C24H34N4O3/c1-6-24(4,5)18-9-15-21(16-10-18)31-17-22(29)27-26-20-13-11-19(12-14-20)25-23(30)28(7-2)8-3/h9-16,26H,6-8,17H2,1-5H3,(H,25,30)(H,27,29). The van der Waals surface area contributed by atoms with Crippen LogP contribution < -0.4 is 20.9 Å². The van der Waals surface area contributed by atoms with Crippen LogP contribution in [-0.2, 0) is 10.2 Å². The molecule has 0 saturated heterocycles. The van der Waals surface area contributed by atoms with Gasteiger partial charge in [-0.25, -0.2) is 4.79 Å². The van der Waals surface area contributed by atoms with Crippen molar-refractivity contribution in [3.05, 3.63) is 54.1 Å². The molecule has 2 rings (SSSR count). The first-order valence-electron chi connectivity index (χ1n) is 10.7. The van der Waals surface area contributed by atoms with Gasteiger partial charge in [0, 0.05) is 18.8 Å². The molecule has 0 aliphatic heterocycles. The van der Waals surface area contributed by atoms with Crippen LogP contribution in [0, 0.1) is 0 Å². The van der Waals surface area contributed by atoms with E-state index in [1.807, 2.05) is 38.1 Å². The first kappa shape index (κ1) is 24.1. The second-order valence-electron chi connectivity index (χ2n) is 7.90. The van der Waals surface area contributed by atoms with Crippen LogP contribution in [0.3, 0.4) is 0 Å². The lowest BCUT2D eigenvalue weighted by Gasteiger charge is -2.23. The van der Waals surface area contributed by atoms with Crippen LogP contribution >= 0.6 is 0 Å². The highest BCUT2D eigenvalue weighted by Gasteiger charge is 2.17. The molecule has 7 nitrogen and oxygen atoms in total. The minimum Gasteiger partial charge on any atom is -0.484 e. The third kappa shape index (κ3) is 7.20. The summed E-state index contributed by atoms with van der Waals surface area (Å²) in [6.45, 7) is 11.6. The molecular weight excluding hydrogens is 392 g/mol. The third-order valence-corrected chi connectivity index (χ3v) is 5.42. The number of hydrogen-bond donors (Lipinski definition) is 3. The van der Waals surface area contributed by atoms with E-state index in [-0.39, 0.29) is 24.0 Å². The van der Waals surface area contributed by atoms with Gasteiger partial charge >= 0.3 is 6.03 Å². The number of rotatable bonds is 10. The largest absolute Gasteiger partial charge is 0.484 e. The number of nitrogens with zero attached hydrogens (tertiary/aromatic N) is 1. The Morgan fingerprint density at radius 3 is 2.03 bits per heavy atom. The molecule has 0 spiro atoms. The molecule has 0 heterocycles. The molecular formula is C24H34N4O3. The zero-order valence-electron chi connectivity index (χ0n) is 19.1. The van der Waals surface area contributed by atoms with Gasteiger partial charge in [-0.3, -0.25) is 15.6 Å². The minimum atomic E-state index is -0.295. The summed E-state index contributed by atoms with van der Waals surface area (Å²) < 4.78 is 5.56. The molecule has 2 aromatic rings. The molecule has 2 aromatic carbocycles. The second kappa shape index (κ2) is 11.2. The van der Waals surface area contributed by atoms with E-state index in [0.29, 0.717) is 30.2 Å². The number of carbonyl (C=O) groups is 2. The maximum absolute atomic E-state index is 12.1. The number of carbonyl (C=O) groups excluding carboxylic acids is 2. The SMILES string of the molecule is CCN(CC)C(=O)Nc1ccc(NNC(=O)COc2ccc(C(C)(C)CC)cc2)cc1. The summed E-state index contributed by atoms with van der Waals surface area (Å²) in [6.07, 6.45) is 1.05. The van der Waals surface area contributed by atoms with Gasteiger partial charge in [-0.15, -0.1) is 0 Å². The van der Waals surface area contributed by atoms with Gasteiger partial charge in [0.25, 0.3) is 5.91 Å². The number of benzene rings is 2. The number of amides is 3. The molecule has 0 radical (unpaired) electrons. The summed E-state index contributed by atoms with van der Waals surface area (Å²) in [5.74, 6) is 0.357. The molecule has 0 atom stereocenters. The number of hydrazine groups is 1. The van der Waals surface area contributed by atoms with E-state index in [2.05, 4.69) is 36.9 Å². The minimum absolute atomic E-state index is 0.0957. The lowest BCUT2D eigenvalue weighted by molar-refractivity contribution is -0.122. The summed E-state index contributed by atoms with van der Waals surface area (Å²) >= 11 is 0. The Morgan fingerprint density at radius 2 is 1.48 bits per heavy atom. The Balaban J connectivity index is 1.78. The van der Waals surface area contributed by atoms with E-state index >= 15 is 0 Å². The van der Waals surface area contributed by atoms with Crippen LogP contribution in [0.1, 0.15) is 46.6 Å². The van der Waals surface area contributed by atoms with Crippen LogP contribution in [0.15, 0.2) is 48.5 Å². The second-order valence-corrected chi connectivity index (χ2v) is 7.90. The van der Waals surface area contributed by atoms with Gasteiger partial charge < -0.3 is 15.0 Å². The fraction of sp³-hybridized carbons (Fsp3) is 0.417. The first-order valence-corrected chi connectivity index (χ1v) is 10.7. The topological polar surface area (TPSA) is 82.7 Å². The molecule has 0 saturated carbocycles. The summed E-state index contributed by atoms with van der Waals surface area (Å²) in [4.78, 5) is 25.8. The van der Waals surface area contributed by atoms with Crippen LogP contribution in [0.25, 0.3) is 0 Å². The van der Waals surface area contributed by atoms with Crippen molar-refractivity contribution in [1.82, 2.24) is 10.3 Å². The van der Waals surface area contributed by atoms with E-state index in [1.165, 1.54) is 5.56 Å². The van der Waals surface area contributed by atoms with E-state index < -0.39 is 0 Å². The summed E-state index contributed by atoms with van der Waals surface area (Å²) in [5.41, 5.74) is 8.18. The number of urea groups is 1. The Kier molecular flexibility index (Phi) is 8.73. The van der Waals surface area contributed by atoms with Gasteiger partial charge in [0.1, 0.15) is 5.75 Å². The van der Waals surface area contributed by atoms with Crippen molar-refractivity contribution in [3.63, 3.8) is 0 Å². The lowest BCUT2D eigenvalue weighted by Crippen LogP contribution is -2.34. The molecule has 0 aliphatic carbocycles. The molecule has 7 heteroatoms. The van der Waals surface area contributed by atoms with Crippen LogP contribution in [0.2, 0.25) is 0 Å². The predicted molar refractivity (Wildman–Crippen MR) is 125 cm³/mol. The van der Waals surface area contributed by atoms with Crippen molar-refractivity contribution in [3.8, 4) is 5.75 Å². The zero-order valence-corrected chi connectivity index (χ0v) is 19.1. The van der Waals surface area contributed by atoms with Crippen LogP contribution in [0.4, 0.5) is 16.2 Å². The smallest absolute Gasteiger partial charge is 0.321 e. The van der Waals surface area contributed by atoms with Gasteiger partial charge in [-0.05, 0) is 67.6 Å². The van der Waals surface area contributed by atoms with Crippen LogP contribution in [0.5, 0.6) is 5.75 Å². The van der Waals surface area contributed by atoms with Crippen molar-refractivity contribution in [1.29, 1.82) is 0 Å². The highest BCUT2D eigenvalue weighted by Crippen LogP contribution is 2.28. The average Bonchev–Trinajstić information content (AvgIpc) is 2.78. The summed E-state index contributed by atoms with van der Waals surface area (Å²) in [7, 11) is 0. The monoisotopic (exact) mass is 426 g/mol. The Morgan fingerprint density at radius 1 is 0.903 bits per heavy atom. The zero-order chi connectivity index (χ0) is 22.9. The lowest BCUT2D eigenvalue weighted by atomic mass is 9.82. The Bertz CT molecular complexity index is 844. The molecule has 31 heavy (non-hydrogen) atoms. The molecule has 0 bridgehead atoms. The van der Waals surface area contributed by atoms with Crippen molar-refractivity contribution >= 4 is 23.3 Å². The van der Waals surface area contributed by atoms with E-state index in [0.717, 1.165) is 6.42 Å². The number of nitrogens with one attached hydrogen (secondary N) is 3. The average molecular weight is 427 g/mol.